The van der Waals surface area contributed by atoms with Gasteiger partial charge in [-0.2, -0.15) is 0 Å². The molecule has 194 valence electrons. The zero-order valence-corrected chi connectivity index (χ0v) is 21.6. The van der Waals surface area contributed by atoms with Crippen molar-refractivity contribution < 1.29 is 14.3 Å². The highest BCUT2D eigenvalue weighted by Crippen LogP contribution is 2.49. The van der Waals surface area contributed by atoms with Crippen molar-refractivity contribution in [2.24, 2.45) is 17.8 Å². The predicted octanol–water partition coefficient (Wildman–Crippen LogP) is 4.91. The van der Waals surface area contributed by atoms with Gasteiger partial charge in [-0.25, -0.2) is 10.2 Å². The van der Waals surface area contributed by atoms with Crippen LogP contribution in [0.25, 0.3) is 10.8 Å². The van der Waals surface area contributed by atoms with E-state index < -0.39 is 23.3 Å². The van der Waals surface area contributed by atoms with Crippen LogP contribution in [0.3, 0.4) is 0 Å². The molecule has 2 aliphatic carbocycles. The Balaban J connectivity index is 1.51. The van der Waals surface area contributed by atoms with E-state index in [9.17, 15) is 14.4 Å². The third-order valence-electron chi connectivity index (χ3n) is 7.45. The van der Waals surface area contributed by atoms with Gasteiger partial charge in [0.05, 0.1) is 5.39 Å². The maximum Gasteiger partial charge on any atom is 0.408 e. The molecule has 2 bridgehead atoms. The highest BCUT2D eigenvalue weighted by Gasteiger charge is 2.40. The molecule has 2 saturated carbocycles. The van der Waals surface area contributed by atoms with Crippen LogP contribution in [0.5, 0.6) is 0 Å². The number of ether oxygens (including phenoxy) is 1. The molecule has 2 amide bonds. The topological polar surface area (TPSA) is 102 Å². The minimum atomic E-state index is -0.900. The summed E-state index contributed by atoms with van der Waals surface area (Å²) >= 11 is 0. The molecule has 2 N–H and O–H groups in total. The van der Waals surface area contributed by atoms with Crippen molar-refractivity contribution in [3.05, 3.63) is 76.2 Å². The van der Waals surface area contributed by atoms with Gasteiger partial charge in [0, 0.05) is 17.3 Å². The number of hydrogen-bond acceptors (Lipinski definition) is 5. The van der Waals surface area contributed by atoms with Gasteiger partial charge in [-0.05, 0) is 69.4 Å². The minimum absolute atomic E-state index is 0.226. The smallest absolute Gasteiger partial charge is 0.408 e. The Hall–Kier alpha value is -3.68. The number of aromatic nitrogens is 2. The molecule has 0 saturated heterocycles. The average Bonchev–Trinajstić information content (AvgIpc) is 3.47. The Bertz CT molecular complexity index is 1360. The Morgan fingerprint density at radius 3 is 2.38 bits per heavy atom. The number of alkyl carbamates (subject to hydrolysis) is 1. The zero-order chi connectivity index (χ0) is 26.2. The lowest BCUT2D eigenvalue weighted by molar-refractivity contribution is -0.118. The normalized spacial score (nSPS) is 21.5. The number of nitrogens with zero attached hydrogens (tertiary/aromatic N) is 2. The quantitative estimate of drug-likeness (QED) is 0.499. The Morgan fingerprint density at radius 2 is 1.73 bits per heavy atom. The highest BCUT2D eigenvalue weighted by atomic mass is 16.6. The summed E-state index contributed by atoms with van der Waals surface area (Å²) in [7, 11) is 0. The first kappa shape index (κ1) is 25.0. The molecule has 0 aliphatic heterocycles. The molecule has 37 heavy (non-hydrogen) atoms. The Kier molecular flexibility index (Phi) is 6.75. The number of hydrogen-bond donors (Lipinski definition) is 2. The molecule has 8 heteroatoms. The SMILES string of the molecule is CC(C)(C)NC(=O)OC(c1ccccc1)c1nn(NC(=O)CC2CC3CCC2C3)c(=O)c2ccccc12. The summed E-state index contributed by atoms with van der Waals surface area (Å²) in [5, 5.41) is 8.32. The minimum Gasteiger partial charge on any atom is -0.435 e. The Morgan fingerprint density at radius 1 is 1.03 bits per heavy atom. The number of amides is 2. The van der Waals surface area contributed by atoms with Crippen LogP contribution in [0.1, 0.15) is 70.2 Å². The third kappa shape index (κ3) is 5.53. The van der Waals surface area contributed by atoms with Crippen molar-refractivity contribution in [1.82, 2.24) is 15.2 Å². The van der Waals surface area contributed by atoms with E-state index >= 15 is 0 Å². The van der Waals surface area contributed by atoms with Gasteiger partial charge in [0.25, 0.3) is 5.56 Å². The molecule has 1 aromatic heterocycles. The second-order valence-electron chi connectivity index (χ2n) is 11.4. The zero-order valence-electron chi connectivity index (χ0n) is 21.6. The summed E-state index contributed by atoms with van der Waals surface area (Å²) in [4.78, 5) is 40.2. The lowest BCUT2D eigenvalue weighted by Crippen LogP contribution is -2.42. The first-order valence-electron chi connectivity index (χ1n) is 13.0. The van der Waals surface area contributed by atoms with Crippen LogP contribution in [-0.2, 0) is 9.53 Å². The molecule has 0 spiro atoms. The van der Waals surface area contributed by atoms with Crippen LogP contribution < -0.4 is 16.3 Å². The van der Waals surface area contributed by atoms with Crippen LogP contribution in [0.4, 0.5) is 4.79 Å². The van der Waals surface area contributed by atoms with Crippen LogP contribution in [0.2, 0.25) is 0 Å². The summed E-state index contributed by atoms with van der Waals surface area (Å²) < 4.78 is 5.91. The van der Waals surface area contributed by atoms with Gasteiger partial charge < -0.3 is 10.1 Å². The average molecular weight is 503 g/mol. The molecule has 4 unspecified atom stereocenters. The van der Waals surface area contributed by atoms with Gasteiger partial charge in [-0.15, -0.1) is 9.89 Å². The lowest BCUT2D eigenvalue weighted by atomic mass is 9.86. The summed E-state index contributed by atoms with van der Waals surface area (Å²) in [5.41, 5.74) is 2.86. The van der Waals surface area contributed by atoms with Crippen LogP contribution >= 0.6 is 0 Å². The van der Waals surface area contributed by atoms with Crippen molar-refractivity contribution in [3.8, 4) is 0 Å². The van der Waals surface area contributed by atoms with Gasteiger partial charge >= 0.3 is 6.09 Å². The van der Waals surface area contributed by atoms with E-state index in [0.29, 0.717) is 40.3 Å². The summed E-state index contributed by atoms with van der Waals surface area (Å²) in [6, 6.07) is 16.3. The number of carbonyl (C=O) groups excluding carboxylic acids is 2. The van der Waals surface area contributed by atoms with E-state index in [2.05, 4.69) is 15.8 Å². The first-order chi connectivity index (χ1) is 17.7. The summed E-state index contributed by atoms with van der Waals surface area (Å²) in [5.74, 6) is 1.47. The van der Waals surface area contributed by atoms with Gasteiger partial charge in [0.1, 0.15) is 5.69 Å². The number of nitrogens with one attached hydrogen (secondary N) is 2. The van der Waals surface area contributed by atoms with E-state index in [4.69, 9.17) is 4.74 Å². The van der Waals surface area contributed by atoms with Gasteiger partial charge in [0.15, 0.2) is 6.10 Å². The molecule has 4 atom stereocenters. The van der Waals surface area contributed by atoms with E-state index in [1.165, 1.54) is 19.3 Å². The van der Waals surface area contributed by atoms with E-state index in [1.54, 1.807) is 18.2 Å². The van der Waals surface area contributed by atoms with Crippen LogP contribution in [0, 0.1) is 17.8 Å². The van der Waals surface area contributed by atoms with Gasteiger partial charge in [-0.1, -0.05) is 55.0 Å². The highest BCUT2D eigenvalue weighted by molar-refractivity contribution is 5.86. The lowest BCUT2D eigenvalue weighted by Gasteiger charge is -2.25. The number of rotatable bonds is 6. The fourth-order valence-electron chi connectivity index (χ4n) is 5.86. The molecule has 2 aliphatic rings. The summed E-state index contributed by atoms with van der Waals surface area (Å²) in [6.45, 7) is 5.60. The molecule has 3 aromatic rings. The van der Waals surface area contributed by atoms with Crippen molar-refractivity contribution in [2.75, 3.05) is 5.43 Å². The van der Waals surface area contributed by atoms with E-state index in [1.807, 2.05) is 57.2 Å². The van der Waals surface area contributed by atoms with E-state index in [-0.39, 0.29) is 5.91 Å². The first-order valence-corrected chi connectivity index (χ1v) is 13.0. The second-order valence-corrected chi connectivity index (χ2v) is 11.4. The van der Waals surface area contributed by atoms with Crippen molar-refractivity contribution in [3.63, 3.8) is 0 Å². The molecule has 1 heterocycles. The number of benzene rings is 2. The largest absolute Gasteiger partial charge is 0.435 e. The number of fused-ring (bicyclic) bond motifs is 3. The van der Waals surface area contributed by atoms with Crippen LogP contribution in [-0.4, -0.2) is 27.4 Å². The maximum absolute atomic E-state index is 13.3. The molecular weight excluding hydrogens is 468 g/mol. The monoisotopic (exact) mass is 502 g/mol. The predicted molar refractivity (Wildman–Crippen MR) is 142 cm³/mol. The maximum atomic E-state index is 13.3. The molecule has 8 nitrogen and oxygen atoms in total. The fraction of sp³-hybridized carbons (Fsp3) is 0.448. The molecule has 2 aromatic carbocycles. The van der Waals surface area contributed by atoms with Gasteiger partial charge in [-0.3, -0.25) is 9.59 Å². The van der Waals surface area contributed by atoms with Crippen LogP contribution in [0.15, 0.2) is 59.4 Å². The van der Waals surface area contributed by atoms with Crippen molar-refractivity contribution in [2.45, 2.75) is 64.5 Å². The fourth-order valence-corrected chi connectivity index (χ4v) is 5.86. The third-order valence-corrected chi connectivity index (χ3v) is 7.45. The Labute approximate surface area is 216 Å². The molecule has 0 radical (unpaired) electrons. The molecule has 5 rings (SSSR count). The number of carbonyl (C=O) groups is 2. The van der Waals surface area contributed by atoms with Gasteiger partial charge in [0.2, 0.25) is 5.91 Å². The van der Waals surface area contributed by atoms with Crippen molar-refractivity contribution in [1.29, 1.82) is 0 Å². The standard InChI is InChI=1S/C29H34N4O4/c1-29(2,3)30-28(36)37-26(19-9-5-4-6-10-19)25-22-11-7-8-12-23(22)27(35)33(32-25)31-24(34)17-21-16-18-13-14-20(21)15-18/h4-12,18,20-21,26H,13-17H2,1-3H3,(H,30,36)(H,31,34). The second kappa shape index (κ2) is 10.00. The molecular formula is C29H34N4O4. The van der Waals surface area contributed by atoms with E-state index in [0.717, 1.165) is 17.1 Å². The molecule has 2 fully saturated rings. The summed E-state index contributed by atoms with van der Waals surface area (Å²) in [6.07, 6.45) is 3.62. The van der Waals surface area contributed by atoms with Crippen molar-refractivity contribution >= 4 is 22.8 Å².